The van der Waals surface area contributed by atoms with Crippen molar-refractivity contribution >= 4 is 22.8 Å². The van der Waals surface area contributed by atoms with Gasteiger partial charge in [-0.05, 0) is 31.2 Å². The molecule has 3 aromatic rings. The molecule has 2 aromatic heterocycles. The average molecular weight is 384 g/mol. The SMILES string of the molecule is CCOc1ccc(C(=O)NCCn2ncc3c(NCCOC)ncnc32)cc1. The Hall–Kier alpha value is -3.20. The summed E-state index contributed by atoms with van der Waals surface area (Å²) < 4.78 is 12.2. The second-order valence-electron chi connectivity index (χ2n) is 5.96. The van der Waals surface area contributed by atoms with E-state index in [9.17, 15) is 4.79 Å². The number of amides is 1. The summed E-state index contributed by atoms with van der Waals surface area (Å²) in [4.78, 5) is 20.8. The number of rotatable bonds is 10. The van der Waals surface area contributed by atoms with Gasteiger partial charge in [0.25, 0.3) is 5.91 Å². The molecule has 1 amide bonds. The third-order valence-electron chi connectivity index (χ3n) is 4.07. The van der Waals surface area contributed by atoms with E-state index in [1.807, 2.05) is 6.92 Å². The molecule has 0 saturated carbocycles. The first-order chi connectivity index (χ1) is 13.7. The van der Waals surface area contributed by atoms with E-state index in [0.29, 0.717) is 49.9 Å². The van der Waals surface area contributed by atoms with Crippen LogP contribution >= 0.6 is 0 Å². The van der Waals surface area contributed by atoms with Gasteiger partial charge in [-0.25, -0.2) is 14.6 Å². The van der Waals surface area contributed by atoms with Gasteiger partial charge in [0.05, 0.1) is 31.3 Å². The van der Waals surface area contributed by atoms with Gasteiger partial charge in [-0.2, -0.15) is 5.10 Å². The number of hydrogen-bond acceptors (Lipinski definition) is 7. The fourth-order valence-electron chi connectivity index (χ4n) is 2.72. The monoisotopic (exact) mass is 384 g/mol. The molecule has 9 nitrogen and oxygen atoms in total. The van der Waals surface area contributed by atoms with Crippen molar-refractivity contribution in [3.8, 4) is 5.75 Å². The van der Waals surface area contributed by atoms with E-state index in [0.717, 1.165) is 11.1 Å². The van der Waals surface area contributed by atoms with Crippen LogP contribution in [0.1, 0.15) is 17.3 Å². The fraction of sp³-hybridized carbons (Fsp3) is 0.368. The molecule has 0 aliphatic carbocycles. The molecule has 0 radical (unpaired) electrons. The number of benzene rings is 1. The Bertz CT molecular complexity index is 910. The Kier molecular flexibility index (Phi) is 6.74. The van der Waals surface area contributed by atoms with Crippen LogP contribution in [0.15, 0.2) is 36.8 Å². The van der Waals surface area contributed by atoms with E-state index >= 15 is 0 Å². The molecule has 0 aliphatic rings. The molecule has 0 fully saturated rings. The number of ether oxygens (including phenoxy) is 2. The number of hydrogen-bond donors (Lipinski definition) is 2. The molecule has 9 heteroatoms. The fourth-order valence-corrected chi connectivity index (χ4v) is 2.72. The van der Waals surface area contributed by atoms with Gasteiger partial charge < -0.3 is 20.1 Å². The van der Waals surface area contributed by atoms with Gasteiger partial charge in [0.15, 0.2) is 5.65 Å². The summed E-state index contributed by atoms with van der Waals surface area (Å²) >= 11 is 0. The number of carbonyl (C=O) groups excluding carboxylic acids is 1. The summed E-state index contributed by atoms with van der Waals surface area (Å²) in [5.74, 6) is 1.32. The smallest absolute Gasteiger partial charge is 0.251 e. The quantitative estimate of drug-likeness (QED) is 0.513. The molecular formula is C19H24N6O3. The molecule has 0 atom stereocenters. The lowest BCUT2D eigenvalue weighted by Gasteiger charge is -2.08. The number of nitrogens with one attached hydrogen (secondary N) is 2. The van der Waals surface area contributed by atoms with Gasteiger partial charge in [-0.1, -0.05) is 0 Å². The standard InChI is InChI=1S/C19H24N6O3/c1-3-28-15-6-4-14(5-7-15)19(26)21-8-10-25-18-16(12-24-25)17(22-13-23-18)20-9-11-27-2/h4-7,12-13H,3,8-11H2,1-2H3,(H,21,26)(H,20,22,23). The largest absolute Gasteiger partial charge is 0.494 e. The van der Waals surface area contributed by atoms with Crippen LogP contribution in [0, 0.1) is 0 Å². The van der Waals surface area contributed by atoms with Crippen LogP contribution in [0.25, 0.3) is 11.0 Å². The van der Waals surface area contributed by atoms with Crippen LogP contribution in [0.5, 0.6) is 5.75 Å². The first-order valence-corrected chi connectivity index (χ1v) is 9.13. The van der Waals surface area contributed by atoms with E-state index in [1.54, 1.807) is 42.3 Å². The maximum Gasteiger partial charge on any atom is 0.251 e. The van der Waals surface area contributed by atoms with Gasteiger partial charge in [-0.15, -0.1) is 0 Å². The van der Waals surface area contributed by atoms with Crippen molar-refractivity contribution < 1.29 is 14.3 Å². The lowest BCUT2D eigenvalue weighted by molar-refractivity contribution is 0.0952. The number of fused-ring (bicyclic) bond motifs is 1. The van der Waals surface area contributed by atoms with Crippen molar-refractivity contribution in [2.24, 2.45) is 0 Å². The van der Waals surface area contributed by atoms with E-state index < -0.39 is 0 Å². The minimum atomic E-state index is -0.143. The number of anilines is 1. The van der Waals surface area contributed by atoms with E-state index in [-0.39, 0.29) is 5.91 Å². The molecule has 2 N–H and O–H groups in total. The molecular weight excluding hydrogens is 360 g/mol. The number of aromatic nitrogens is 4. The van der Waals surface area contributed by atoms with Crippen molar-refractivity contribution in [3.05, 3.63) is 42.4 Å². The van der Waals surface area contributed by atoms with Gasteiger partial charge in [0.2, 0.25) is 0 Å². The molecule has 0 unspecified atom stereocenters. The van der Waals surface area contributed by atoms with Crippen molar-refractivity contribution in [2.45, 2.75) is 13.5 Å². The maximum absolute atomic E-state index is 12.3. The molecule has 148 valence electrons. The highest BCUT2D eigenvalue weighted by Crippen LogP contribution is 2.18. The van der Waals surface area contributed by atoms with E-state index in [1.165, 1.54) is 6.33 Å². The molecule has 0 aliphatic heterocycles. The third-order valence-corrected chi connectivity index (χ3v) is 4.07. The highest BCUT2D eigenvalue weighted by Gasteiger charge is 2.10. The average Bonchev–Trinajstić information content (AvgIpc) is 3.13. The van der Waals surface area contributed by atoms with Crippen molar-refractivity contribution in [1.82, 2.24) is 25.1 Å². The second kappa shape index (κ2) is 9.65. The van der Waals surface area contributed by atoms with E-state index in [4.69, 9.17) is 9.47 Å². The Morgan fingerprint density at radius 1 is 1.18 bits per heavy atom. The van der Waals surface area contributed by atoms with Crippen molar-refractivity contribution in [1.29, 1.82) is 0 Å². The van der Waals surface area contributed by atoms with Gasteiger partial charge in [0, 0.05) is 25.8 Å². The Labute approximate surface area is 163 Å². The maximum atomic E-state index is 12.3. The lowest BCUT2D eigenvalue weighted by atomic mass is 10.2. The predicted octanol–water partition coefficient (Wildman–Crippen LogP) is 1.71. The minimum absolute atomic E-state index is 0.143. The van der Waals surface area contributed by atoms with Crippen molar-refractivity contribution in [3.63, 3.8) is 0 Å². The summed E-state index contributed by atoms with van der Waals surface area (Å²) in [6, 6.07) is 7.06. The zero-order valence-corrected chi connectivity index (χ0v) is 16.0. The van der Waals surface area contributed by atoms with Crippen LogP contribution in [-0.4, -0.2) is 59.1 Å². The van der Waals surface area contributed by atoms with Gasteiger partial charge in [-0.3, -0.25) is 4.79 Å². The predicted molar refractivity (Wildman–Crippen MR) is 106 cm³/mol. The number of methoxy groups -OCH3 is 1. The number of carbonyl (C=O) groups is 1. The summed E-state index contributed by atoms with van der Waals surface area (Å²) in [6.07, 6.45) is 3.22. The number of nitrogens with zero attached hydrogens (tertiary/aromatic N) is 4. The highest BCUT2D eigenvalue weighted by molar-refractivity contribution is 5.94. The Balaban J connectivity index is 1.58. The summed E-state index contributed by atoms with van der Waals surface area (Å²) in [6.45, 7) is 4.67. The third kappa shape index (κ3) is 4.74. The van der Waals surface area contributed by atoms with Crippen LogP contribution in [-0.2, 0) is 11.3 Å². The summed E-state index contributed by atoms with van der Waals surface area (Å²) in [5.41, 5.74) is 1.30. The van der Waals surface area contributed by atoms with E-state index in [2.05, 4.69) is 25.7 Å². The first-order valence-electron chi connectivity index (χ1n) is 9.13. The molecule has 1 aromatic carbocycles. The lowest BCUT2D eigenvalue weighted by Crippen LogP contribution is -2.27. The van der Waals surface area contributed by atoms with Crippen LogP contribution in [0.4, 0.5) is 5.82 Å². The normalized spacial score (nSPS) is 10.8. The Morgan fingerprint density at radius 2 is 2.00 bits per heavy atom. The van der Waals surface area contributed by atoms with Crippen LogP contribution in [0.3, 0.4) is 0 Å². The molecule has 0 spiro atoms. The van der Waals surface area contributed by atoms with Crippen LogP contribution in [0.2, 0.25) is 0 Å². The Morgan fingerprint density at radius 3 is 2.75 bits per heavy atom. The molecule has 3 rings (SSSR count). The van der Waals surface area contributed by atoms with Gasteiger partial charge in [0.1, 0.15) is 17.9 Å². The second-order valence-corrected chi connectivity index (χ2v) is 5.96. The molecule has 0 saturated heterocycles. The van der Waals surface area contributed by atoms with Gasteiger partial charge >= 0.3 is 0 Å². The molecule has 2 heterocycles. The molecule has 0 bridgehead atoms. The zero-order valence-electron chi connectivity index (χ0n) is 16.0. The highest BCUT2D eigenvalue weighted by atomic mass is 16.5. The summed E-state index contributed by atoms with van der Waals surface area (Å²) in [5, 5.41) is 11.3. The minimum Gasteiger partial charge on any atom is -0.494 e. The van der Waals surface area contributed by atoms with Crippen molar-refractivity contribution in [2.75, 3.05) is 38.7 Å². The first kappa shape index (κ1) is 19.6. The van der Waals surface area contributed by atoms with Crippen LogP contribution < -0.4 is 15.4 Å². The zero-order chi connectivity index (χ0) is 19.8. The topological polar surface area (TPSA) is 103 Å². The molecule has 28 heavy (non-hydrogen) atoms. The summed E-state index contributed by atoms with van der Waals surface area (Å²) in [7, 11) is 1.65.